The second kappa shape index (κ2) is 3.81. The Hall–Kier alpha value is -0.700. The van der Waals surface area contributed by atoms with Crippen LogP contribution in [0.15, 0.2) is 30.5 Å². The van der Waals surface area contributed by atoms with Crippen LogP contribution in [-0.2, 0) is 0 Å². The van der Waals surface area contributed by atoms with Crippen molar-refractivity contribution >= 4 is 23.2 Å². The summed E-state index contributed by atoms with van der Waals surface area (Å²) in [5.74, 6) is 0. The SMILES string of the molecule is CN1C=CC(c2ccc(Cl)cc2Cl)N1. The number of halogens is 2. The molecular weight excluding hydrogens is 219 g/mol. The third kappa shape index (κ3) is 1.87. The minimum absolute atomic E-state index is 0.143. The average Bonchev–Trinajstić information content (AvgIpc) is 2.51. The van der Waals surface area contributed by atoms with Crippen LogP contribution < -0.4 is 5.43 Å². The maximum atomic E-state index is 6.08. The summed E-state index contributed by atoms with van der Waals surface area (Å²) in [6.07, 6.45) is 4.02. The first kappa shape index (κ1) is 9.84. The Kier molecular flexibility index (Phi) is 2.68. The number of nitrogens with zero attached hydrogens (tertiary/aromatic N) is 1. The second-order valence-electron chi connectivity index (χ2n) is 3.23. The van der Waals surface area contributed by atoms with Crippen LogP contribution in [0, 0.1) is 0 Å². The van der Waals surface area contributed by atoms with Gasteiger partial charge in [0.2, 0.25) is 0 Å². The molecule has 0 amide bonds. The van der Waals surface area contributed by atoms with Gasteiger partial charge in [-0.05, 0) is 23.8 Å². The van der Waals surface area contributed by atoms with Crippen molar-refractivity contribution in [1.82, 2.24) is 10.4 Å². The van der Waals surface area contributed by atoms with Crippen molar-refractivity contribution in [3.8, 4) is 0 Å². The maximum Gasteiger partial charge on any atom is 0.0724 e. The average molecular weight is 229 g/mol. The van der Waals surface area contributed by atoms with Crippen LogP contribution in [0.4, 0.5) is 0 Å². The van der Waals surface area contributed by atoms with Gasteiger partial charge in [-0.25, -0.2) is 5.43 Å². The van der Waals surface area contributed by atoms with Gasteiger partial charge in [-0.1, -0.05) is 29.3 Å². The lowest BCUT2D eigenvalue weighted by Crippen LogP contribution is -2.27. The second-order valence-corrected chi connectivity index (χ2v) is 4.07. The lowest BCUT2D eigenvalue weighted by Gasteiger charge is -2.16. The summed E-state index contributed by atoms with van der Waals surface area (Å²) in [7, 11) is 1.94. The topological polar surface area (TPSA) is 15.3 Å². The van der Waals surface area contributed by atoms with Crippen LogP contribution in [0.5, 0.6) is 0 Å². The van der Waals surface area contributed by atoms with E-state index in [1.54, 1.807) is 6.07 Å². The first-order chi connectivity index (χ1) is 6.66. The van der Waals surface area contributed by atoms with Crippen LogP contribution in [0.25, 0.3) is 0 Å². The predicted molar refractivity (Wildman–Crippen MR) is 59.2 cm³/mol. The summed E-state index contributed by atoms with van der Waals surface area (Å²) in [5, 5.41) is 3.25. The molecule has 1 heterocycles. The zero-order valence-electron chi connectivity index (χ0n) is 7.67. The van der Waals surface area contributed by atoms with E-state index in [0.29, 0.717) is 10.0 Å². The van der Waals surface area contributed by atoms with Gasteiger partial charge < -0.3 is 5.01 Å². The Bertz CT molecular complexity index is 376. The molecule has 1 unspecified atom stereocenters. The summed E-state index contributed by atoms with van der Waals surface area (Å²) in [6.45, 7) is 0. The van der Waals surface area contributed by atoms with E-state index in [-0.39, 0.29) is 6.04 Å². The van der Waals surface area contributed by atoms with E-state index in [0.717, 1.165) is 5.56 Å². The van der Waals surface area contributed by atoms with E-state index >= 15 is 0 Å². The Labute approximate surface area is 93.1 Å². The highest BCUT2D eigenvalue weighted by atomic mass is 35.5. The lowest BCUT2D eigenvalue weighted by molar-refractivity contribution is 0.333. The summed E-state index contributed by atoms with van der Waals surface area (Å²) in [4.78, 5) is 0. The fraction of sp³-hybridized carbons (Fsp3) is 0.200. The largest absolute Gasteiger partial charge is 0.318 e. The van der Waals surface area contributed by atoms with Crippen molar-refractivity contribution in [3.63, 3.8) is 0 Å². The van der Waals surface area contributed by atoms with Gasteiger partial charge in [0.05, 0.1) is 6.04 Å². The number of hydrazine groups is 1. The van der Waals surface area contributed by atoms with Crippen molar-refractivity contribution in [1.29, 1.82) is 0 Å². The summed E-state index contributed by atoms with van der Waals surface area (Å²) >= 11 is 11.9. The Morgan fingerprint density at radius 2 is 2.14 bits per heavy atom. The van der Waals surface area contributed by atoms with Crippen LogP contribution in [0.3, 0.4) is 0 Å². The molecule has 1 aromatic carbocycles. The van der Waals surface area contributed by atoms with Gasteiger partial charge in [0.25, 0.3) is 0 Å². The van der Waals surface area contributed by atoms with E-state index in [1.807, 2.05) is 30.4 Å². The normalized spacial score (nSPS) is 20.5. The third-order valence-corrected chi connectivity index (χ3v) is 2.70. The molecule has 0 radical (unpaired) electrons. The first-order valence-corrected chi connectivity index (χ1v) is 5.04. The molecule has 74 valence electrons. The zero-order chi connectivity index (χ0) is 10.1. The van der Waals surface area contributed by atoms with Crippen molar-refractivity contribution in [2.24, 2.45) is 0 Å². The van der Waals surface area contributed by atoms with Gasteiger partial charge >= 0.3 is 0 Å². The first-order valence-electron chi connectivity index (χ1n) is 4.29. The quantitative estimate of drug-likeness (QED) is 0.796. The Morgan fingerprint density at radius 3 is 2.71 bits per heavy atom. The molecule has 0 bridgehead atoms. The zero-order valence-corrected chi connectivity index (χ0v) is 9.18. The molecule has 0 fully saturated rings. The molecule has 0 saturated heterocycles. The van der Waals surface area contributed by atoms with E-state index in [4.69, 9.17) is 23.2 Å². The number of hydrogen-bond donors (Lipinski definition) is 1. The number of nitrogens with one attached hydrogen (secondary N) is 1. The molecule has 14 heavy (non-hydrogen) atoms. The molecule has 2 nitrogen and oxygen atoms in total. The smallest absolute Gasteiger partial charge is 0.0724 e. The highest BCUT2D eigenvalue weighted by Crippen LogP contribution is 2.28. The standard InChI is InChI=1S/C10H10Cl2N2/c1-14-5-4-10(13-14)8-3-2-7(11)6-9(8)12/h2-6,10,13H,1H3. The molecule has 1 aliphatic heterocycles. The molecule has 1 aromatic rings. The van der Waals surface area contributed by atoms with Crippen LogP contribution in [-0.4, -0.2) is 12.1 Å². The van der Waals surface area contributed by atoms with Gasteiger partial charge in [0, 0.05) is 23.3 Å². The molecule has 2 rings (SSSR count). The summed E-state index contributed by atoms with van der Waals surface area (Å²) < 4.78 is 0. The van der Waals surface area contributed by atoms with Crippen LogP contribution >= 0.6 is 23.2 Å². The predicted octanol–water partition coefficient (Wildman–Crippen LogP) is 3.00. The minimum Gasteiger partial charge on any atom is -0.318 e. The molecule has 1 atom stereocenters. The van der Waals surface area contributed by atoms with E-state index in [2.05, 4.69) is 11.5 Å². The molecule has 1 N–H and O–H groups in total. The summed E-state index contributed by atoms with van der Waals surface area (Å²) in [5.41, 5.74) is 4.26. The van der Waals surface area contributed by atoms with Gasteiger partial charge in [0.1, 0.15) is 0 Å². The monoisotopic (exact) mass is 228 g/mol. The van der Waals surface area contributed by atoms with Gasteiger partial charge in [-0.3, -0.25) is 0 Å². The molecule has 0 saturated carbocycles. The maximum absolute atomic E-state index is 6.08. The number of rotatable bonds is 1. The van der Waals surface area contributed by atoms with Crippen LogP contribution in [0.1, 0.15) is 11.6 Å². The van der Waals surface area contributed by atoms with E-state index < -0.39 is 0 Å². The van der Waals surface area contributed by atoms with Crippen LogP contribution in [0.2, 0.25) is 10.0 Å². The number of benzene rings is 1. The lowest BCUT2D eigenvalue weighted by atomic mass is 10.1. The van der Waals surface area contributed by atoms with Gasteiger partial charge in [-0.2, -0.15) is 0 Å². The number of hydrogen-bond acceptors (Lipinski definition) is 2. The van der Waals surface area contributed by atoms with Crippen molar-refractivity contribution in [2.45, 2.75) is 6.04 Å². The Balaban J connectivity index is 2.29. The molecule has 0 aliphatic carbocycles. The molecule has 0 spiro atoms. The highest BCUT2D eigenvalue weighted by Gasteiger charge is 2.16. The van der Waals surface area contributed by atoms with Crippen molar-refractivity contribution in [2.75, 3.05) is 7.05 Å². The minimum atomic E-state index is 0.143. The molecule has 1 aliphatic rings. The fourth-order valence-electron chi connectivity index (χ4n) is 1.45. The highest BCUT2D eigenvalue weighted by molar-refractivity contribution is 6.35. The third-order valence-electron chi connectivity index (χ3n) is 2.14. The summed E-state index contributed by atoms with van der Waals surface area (Å²) in [6, 6.07) is 5.68. The van der Waals surface area contributed by atoms with Gasteiger partial charge in [0.15, 0.2) is 0 Å². The molecule has 0 aromatic heterocycles. The van der Waals surface area contributed by atoms with Gasteiger partial charge in [-0.15, -0.1) is 0 Å². The molecular formula is C10H10Cl2N2. The van der Waals surface area contributed by atoms with Crippen molar-refractivity contribution in [3.05, 3.63) is 46.1 Å². The van der Waals surface area contributed by atoms with E-state index in [9.17, 15) is 0 Å². The Morgan fingerprint density at radius 1 is 1.36 bits per heavy atom. The van der Waals surface area contributed by atoms with E-state index in [1.165, 1.54) is 0 Å². The van der Waals surface area contributed by atoms with Crippen molar-refractivity contribution < 1.29 is 0 Å². The molecule has 4 heteroatoms. The fourth-order valence-corrected chi connectivity index (χ4v) is 1.97.